The lowest BCUT2D eigenvalue weighted by atomic mass is 9.98. The highest BCUT2D eigenvalue weighted by atomic mass is 35.5. The molecule has 0 atom stereocenters. The van der Waals surface area contributed by atoms with Crippen LogP contribution in [0.1, 0.15) is 46.3 Å². The molecule has 0 unspecified atom stereocenters. The third-order valence-corrected chi connectivity index (χ3v) is 6.69. The monoisotopic (exact) mass is 541 g/mol. The van der Waals surface area contributed by atoms with Crippen LogP contribution in [0.5, 0.6) is 23.0 Å². The molecule has 4 aromatic rings. The fraction of sp³-hybridized carbons (Fsp3) is 0.258. The molecule has 0 bridgehead atoms. The molecule has 0 saturated heterocycles. The number of fused-ring (bicyclic) bond motifs is 1. The van der Waals surface area contributed by atoms with Crippen LogP contribution in [-0.4, -0.2) is 36.5 Å². The topological polar surface area (TPSA) is 93.5 Å². The average Bonchev–Trinajstić information content (AvgIpc) is 3.78. The summed E-state index contributed by atoms with van der Waals surface area (Å²) in [6, 6.07) is 21.0. The number of methoxy groups -OCH3 is 1. The maximum atomic E-state index is 12.4. The first kappa shape index (κ1) is 26.3. The summed E-state index contributed by atoms with van der Waals surface area (Å²) in [7, 11) is 1.61. The van der Waals surface area contributed by atoms with E-state index in [1.54, 1.807) is 25.4 Å². The molecular formula is C31H28ClN3O4. The highest BCUT2D eigenvalue weighted by Gasteiger charge is 2.24. The predicted molar refractivity (Wildman–Crippen MR) is 150 cm³/mol. The first-order chi connectivity index (χ1) is 19.1. The highest BCUT2D eigenvalue weighted by molar-refractivity contribution is 6.17. The van der Waals surface area contributed by atoms with Crippen LogP contribution >= 0.6 is 11.6 Å². The lowest BCUT2D eigenvalue weighted by Gasteiger charge is -2.17. The molecule has 1 heterocycles. The number of nitriles is 1. The lowest BCUT2D eigenvalue weighted by molar-refractivity contribution is 0.0950. The molecule has 7 nitrogen and oxygen atoms in total. The number of benzene rings is 3. The van der Waals surface area contributed by atoms with Gasteiger partial charge < -0.3 is 19.5 Å². The molecule has 198 valence electrons. The molecule has 1 aliphatic rings. The largest absolute Gasteiger partial charge is 0.493 e. The zero-order valence-electron chi connectivity index (χ0n) is 21.6. The summed E-state index contributed by atoms with van der Waals surface area (Å²) in [5.41, 5.74) is 3.66. The average molecular weight is 542 g/mol. The van der Waals surface area contributed by atoms with Gasteiger partial charge in [-0.2, -0.15) is 5.26 Å². The maximum absolute atomic E-state index is 12.4. The molecule has 0 spiro atoms. The smallest absolute Gasteiger partial charge is 0.251 e. The summed E-state index contributed by atoms with van der Waals surface area (Å²) in [6.45, 7) is 0.455. The van der Waals surface area contributed by atoms with Crippen molar-refractivity contribution in [1.82, 2.24) is 10.3 Å². The molecular weight excluding hydrogens is 514 g/mol. The quantitative estimate of drug-likeness (QED) is 0.174. The van der Waals surface area contributed by atoms with Crippen molar-refractivity contribution in [1.29, 1.82) is 5.26 Å². The highest BCUT2D eigenvalue weighted by Crippen LogP contribution is 2.39. The van der Waals surface area contributed by atoms with Gasteiger partial charge in [-0.05, 0) is 61.2 Å². The normalized spacial score (nSPS) is 12.5. The van der Waals surface area contributed by atoms with Crippen LogP contribution in [0.4, 0.5) is 0 Å². The Balaban J connectivity index is 1.39. The first-order valence-corrected chi connectivity index (χ1v) is 13.4. The Morgan fingerprint density at radius 2 is 1.95 bits per heavy atom. The van der Waals surface area contributed by atoms with E-state index in [1.807, 2.05) is 48.5 Å². The second-order valence-electron chi connectivity index (χ2n) is 9.38. The molecule has 1 saturated carbocycles. The second kappa shape index (κ2) is 12.1. The number of rotatable bonds is 11. The minimum absolute atomic E-state index is 0.0811. The van der Waals surface area contributed by atoms with E-state index < -0.39 is 0 Å². The summed E-state index contributed by atoms with van der Waals surface area (Å²) in [4.78, 5) is 16.9. The SMILES string of the molecule is COc1c(OCCCCl)cc2ncc(C#N)cc2c1Cc1ccc(Oc2cccc(C(=O)NC3CC3)c2)cc1. The number of hydrogen-bond donors (Lipinski definition) is 1. The molecule has 8 heteroatoms. The molecule has 0 radical (unpaired) electrons. The molecule has 39 heavy (non-hydrogen) atoms. The number of halogens is 1. The molecule has 1 fully saturated rings. The molecule has 1 N–H and O–H groups in total. The van der Waals surface area contributed by atoms with Gasteiger partial charge in [-0.3, -0.25) is 9.78 Å². The number of carbonyl (C=O) groups is 1. The van der Waals surface area contributed by atoms with Crippen molar-refractivity contribution < 1.29 is 19.0 Å². The fourth-order valence-electron chi connectivity index (χ4n) is 4.31. The number of carbonyl (C=O) groups excluding carboxylic acids is 1. The summed E-state index contributed by atoms with van der Waals surface area (Å²) in [5, 5.41) is 13.3. The van der Waals surface area contributed by atoms with E-state index in [9.17, 15) is 10.1 Å². The summed E-state index contributed by atoms with van der Waals surface area (Å²) >= 11 is 5.83. The number of pyridine rings is 1. The van der Waals surface area contributed by atoms with Gasteiger partial charge in [0.15, 0.2) is 11.5 Å². The van der Waals surface area contributed by atoms with Gasteiger partial charge in [-0.15, -0.1) is 11.6 Å². The van der Waals surface area contributed by atoms with Crippen LogP contribution < -0.4 is 19.5 Å². The second-order valence-corrected chi connectivity index (χ2v) is 9.76. The van der Waals surface area contributed by atoms with E-state index >= 15 is 0 Å². The van der Waals surface area contributed by atoms with Crippen LogP contribution in [0.15, 0.2) is 66.9 Å². The van der Waals surface area contributed by atoms with Gasteiger partial charge in [0.2, 0.25) is 0 Å². The van der Waals surface area contributed by atoms with Gasteiger partial charge in [0.1, 0.15) is 17.6 Å². The van der Waals surface area contributed by atoms with Crippen molar-refractivity contribution in [2.75, 3.05) is 19.6 Å². The fourth-order valence-corrected chi connectivity index (χ4v) is 4.42. The van der Waals surface area contributed by atoms with E-state index in [2.05, 4.69) is 16.4 Å². The minimum Gasteiger partial charge on any atom is -0.493 e. The first-order valence-electron chi connectivity index (χ1n) is 12.8. The number of alkyl halides is 1. The number of nitrogens with one attached hydrogen (secondary N) is 1. The van der Waals surface area contributed by atoms with Crippen molar-refractivity contribution >= 4 is 28.4 Å². The van der Waals surface area contributed by atoms with Crippen LogP contribution in [-0.2, 0) is 6.42 Å². The van der Waals surface area contributed by atoms with E-state index in [0.29, 0.717) is 65.5 Å². The molecule has 1 aliphatic carbocycles. The van der Waals surface area contributed by atoms with Gasteiger partial charge in [0.25, 0.3) is 5.91 Å². The van der Waals surface area contributed by atoms with Gasteiger partial charge in [-0.25, -0.2) is 0 Å². The van der Waals surface area contributed by atoms with Crippen molar-refractivity contribution in [2.45, 2.75) is 31.7 Å². The van der Waals surface area contributed by atoms with Crippen LogP contribution in [0.2, 0.25) is 0 Å². The number of amides is 1. The van der Waals surface area contributed by atoms with E-state index in [-0.39, 0.29) is 5.91 Å². The van der Waals surface area contributed by atoms with Gasteiger partial charge in [0.05, 0.1) is 24.8 Å². The third-order valence-electron chi connectivity index (χ3n) is 6.43. The molecule has 1 aromatic heterocycles. The van der Waals surface area contributed by atoms with E-state index in [1.165, 1.54) is 0 Å². The molecule has 3 aromatic carbocycles. The third kappa shape index (κ3) is 6.42. The standard InChI is InChI=1S/C31H28ClN3O4/c1-37-30-27(26-15-21(18-33)19-34-28(26)17-29(30)38-13-3-12-32)14-20-6-10-24(11-7-20)39-25-5-2-4-22(16-25)31(36)35-23-8-9-23/h2,4-7,10-11,15-17,19,23H,3,8-9,12-14H2,1H3,(H,35,36). The Morgan fingerprint density at radius 1 is 1.13 bits per heavy atom. The Bertz CT molecular complexity index is 1530. The van der Waals surface area contributed by atoms with Crippen LogP contribution in [0, 0.1) is 11.3 Å². The number of nitrogens with zero attached hydrogens (tertiary/aromatic N) is 2. The molecule has 1 amide bonds. The summed E-state index contributed by atoms with van der Waals surface area (Å²) < 4.78 is 17.8. The Kier molecular flexibility index (Phi) is 8.14. The van der Waals surface area contributed by atoms with Gasteiger partial charge in [-0.1, -0.05) is 18.2 Å². The van der Waals surface area contributed by atoms with Crippen molar-refractivity contribution in [3.63, 3.8) is 0 Å². The van der Waals surface area contributed by atoms with E-state index in [0.717, 1.165) is 34.9 Å². The number of hydrogen-bond acceptors (Lipinski definition) is 6. The summed E-state index contributed by atoms with van der Waals surface area (Å²) in [6.07, 6.45) is 4.86. The Labute approximate surface area is 232 Å². The maximum Gasteiger partial charge on any atom is 0.251 e. The molecule has 0 aliphatic heterocycles. The van der Waals surface area contributed by atoms with Crippen LogP contribution in [0.25, 0.3) is 10.9 Å². The zero-order valence-corrected chi connectivity index (χ0v) is 22.3. The van der Waals surface area contributed by atoms with Crippen molar-refractivity contribution in [2.24, 2.45) is 0 Å². The number of ether oxygens (including phenoxy) is 3. The van der Waals surface area contributed by atoms with Gasteiger partial charge >= 0.3 is 0 Å². The van der Waals surface area contributed by atoms with E-state index in [4.69, 9.17) is 25.8 Å². The number of aromatic nitrogens is 1. The Morgan fingerprint density at radius 3 is 2.67 bits per heavy atom. The van der Waals surface area contributed by atoms with Crippen molar-refractivity contribution in [3.05, 3.63) is 89.1 Å². The van der Waals surface area contributed by atoms with Crippen molar-refractivity contribution in [3.8, 4) is 29.1 Å². The van der Waals surface area contributed by atoms with Crippen LogP contribution in [0.3, 0.4) is 0 Å². The predicted octanol–water partition coefficient (Wildman–Crippen LogP) is 6.40. The molecule has 5 rings (SSSR count). The summed E-state index contributed by atoms with van der Waals surface area (Å²) in [5.74, 6) is 2.86. The van der Waals surface area contributed by atoms with Gasteiger partial charge in [0, 0.05) is 47.1 Å². The minimum atomic E-state index is -0.0811. The lowest BCUT2D eigenvalue weighted by Crippen LogP contribution is -2.25. The Hall–Kier alpha value is -4.28. The zero-order chi connectivity index (χ0) is 27.2.